The van der Waals surface area contributed by atoms with Crippen LogP contribution < -0.4 is 19.6 Å². The van der Waals surface area contributed by atoms with E-state index >= 15 is 0 Å². The number of allylic oxidation sites excluding steroid dienone is 1. The van der Waals surface area contributed by atoms with Crippen LogP contribution >= 0.6 is 49.9 Å². The smallest absolute Gasteiger partial charge is 0.338 e. The highest BCUT2D eigenvalue weighted by Gasteiger charge is 2.33. The number of rotatable bonds is 7. The highest BCUT2D eigenvalue weighted by molar-refractivity contribution is 14.1. The molecule has 0 saturated carbocycles. The molecule has 9 heteroatoms. The molecule has 35 heavy (non-hydrogen) atoms. The van der Waals surface area contributed by atoms with Crippen LogP contribution in [0.5, 0.6) is 5.75 Å². The van der Waals surface area contributed by atoms with Gasteiger partial charge in [-0.05, 0) is 74.3 Å². The van der Waals surface area contributed by atoms with E-state index in [-0.39, 0.29) is 5.56 Å². The molecular formula is C26H22BrIN2O4S. The van der Waals surface area contributed by atoms with Crippen LogP contribution in [0, 0.1) is 3.57 Å². The number of esters is 1. The van der Waals surface area contributed by atoms with Crippen molar-refractivity contribution in [2.75, 3.05) is 13.7 Å². The Balaban J connectivity index is 1.92. The maximum atomic E-state index is 13.7. The number of methoxy groups -OCH3 is 1. The molecule has 6 nitrogen and oxygen atoms in total. The van der Waals surface area contributed by atoms with Crippen LogP contribution in [0.2, 0.25) is 0 Å². The minimum atomic E-state index is -0.612. The summed E-state index contributed by atoms with van der Waals surface area (Å²) in [6.07, 6.45) is 4.06. The van der Waals surface area contributed by atoms with Crippen molar-refractivity contribution in [3.8, 4) is 5.75 Å². The molecule has 3 aromatic rings. The van der Waals surface area contributed by atoms with Crippen LogP contribution in [0.1, 0.15) is 30.5 Å². The fourth-order valence-electron chi connectivity index (χ4n) is 3.91. The lowest BCUT2D eigenvalue weighted by Crippen LogP contribution is -2.40. The first-order valence-corrected chi connectivity index (χ1v) is 13.5. The van der Waals surface area contributed by atoms with Crippen molar-refractivity contribution in [3.63, 3.8) is 0 Å². The van der Waals surface area contributed by atoms with Crippen LogP contribution in [0.25, 0.3) is 6.08 Å². The second-order valence-electron chi connectivity index (χ2n) is 7.61. The lowest BCUT2D eigenvalue weighted by atomic mass is 9.95. The van der Waals surface area contributed by atoms with Crippen molar-refractivity contribution in [2.24, 2.45) is 4.99 Å². The molecule has 1 aliphatic rings. The molecule has 2 heterocycles. The van der Waals surface area contributed by atoms with Crippen molar-refractivity contribution in [2.45, 2.75) is 19.4 Å². The number of halogens is 2. The van der Waals surface area contributed by atoms with Gasteiger partial charge in [-0.15, -0.1) is 0 Å². The quantitative estimate of drug-likeness (QED) is 0.208. The van der Waals surface area contributed by atoms with Crippen LogP contribution in [-0.2, 0) is 9.53 Å². The van der Waals surface area contributed by atoms with Gasteiger partial charge >= 0.3 is 5.97 Å². The number of carbonyl (C=O) groups is 1. The predicted octanol–water partition coefficient (Wildman–Crippen LogP) is 4.73. The summed E-state index contributed by atoms with van der Waals surface area (Å²) in [4.78, 5) is 31.8. The Labute approximate surface area is 228 Å². The number of fused-ring (bicyclic) bond motifs is 1. The highest BCUT2D eigenvalue weighted by Crippen LogP contribution is 2.33. The molecule has 0 aliphatic carbocycles. The van der Waals surface area contributed by atoms with Gasteiger partial charge in [0.15, 0.2) is 4.80 Å². The van der Waals surface area contributed by atoms with E-state index < -0.39 is 12.0 Å². The Morgan fingerprint density at radius 3 is 2.69 bits per heavy atom. The Morgan fingerprint density at radius 1 is 1.31 bits per heavy atom. The molecular weight excluding hydrogens is 643 g/mol. The van der Waals surface area contributed by atoms with Crippen molar-refractivity contribution in [1.29, 1.82) is 0 Å². The minimum absolute atomic E-state index is 0.211. The van der Waals surface area contributed by atoms with E-state index in [4.69, 9.17) is 14.5 Å². The van der Waals surface area contributed by atoms with E-state index in [1.807, 2.05) is 55.5 Å². The van der Waals surface area contributed by atoms with Crippen molar-refractivity contribution < 1.29 is 14.3 Å². The second kappa shape index (κ2) is 11.0. The monoisotopic (exact) mass is 664 g/mol. The van der Waals surface area contributed by atoms with Gasteiger partial charge in [-0.2, -0.15) is 0 Å². The van der Waals surface area contributed by atoms with Gasteiger partial charge in [-0.25, -0.2) is 9.79 Å². The van der Waals surface area contributed by atoms with E-state index in [9.17, 15) is 9.59 Å². The Bertz CT molecular complexity index is 1490. The molecule has 0 spiro atoms. The molecule has 0 N–H and O–H groups in total. The number of ether oxygens (including phenoxy) is 2. The molecule has 0 bridgehead atoms. The normalized spacial score (nSPS) is 15.4. The Kier molecular flexibility index (Phi) is 8.08. The molecule has 4 rings (SSSR count). The van der Waals surface area contributed by atoms with E-state index in [1.165, 1.54) is 18.4 Å². The average Bonchev–Trinajstić information content (AvgIpc) is 3.16. The standard InChI is InChI=1S/C26H22BrIN2O4S/c1-4-11-34-23-17(27)12-15(13-18(23)28)14-20-24(31)30-22(16-9-7-6-8-10-16)21(25(32)33-3)19(5-2)29-26(30)35-20/h4,6-10,12-14,22H,1,5,11H2,2-3H3/b20-14-/t22-/m1/s1. The number of carbonyl (C=O) groups excluding carboxylic acids is 1. The number of aromatic nitrogens is 1. The molecule has 1 atom stereocenters. The Morgan fingerprint density at radius 2 is 2.06 bits per heavy atom. The number of hydrogen-bond donors (Lipinski definition) is 0. The second-order valence-corrected chi connectivity index (χ2v) is 10.6. The third-order valence-corrected chi connectivity index (χ3v) is 7.80. The predicted molar refractivity (Wildman–Crippen MR) is 149 cm³/mol. The largest absolute Gasteiger partial charge is 0.487 e. The number of thiazole rings is 1. The van der Waals surface area contributed by atoms with Gasteiger partial charge in [0.25, 0.3) is 5.56 Å². The molecule has 0 radical (unpaired) electrons. The van der Waals surface area contributed by atoms with Crippen molar-refractivity contribution >= 4 is 61.9 Å². The summed E-state index contributed by atoms with van der Waals surface area (Å²) in [7, 11) is 1.34. The third kappa shape index (κ3) is 5.07. The van der Waals surface area contributed by atoms with Crippen LogP contribution in [0.3, 0.4) is 0 Å². The van der Waals surface area contributed by atoms with Gasteiger partial charge in [0.05, 0.1) is 37.0 Å². The average molecular weight is 665 g/mol. The highest BCUT2D eigenvalue weighted by atomic mass is 127. The van der Waals surface area contributed by atoms with Gasteiger partial charge in [-0.3, -0.25) is 9.36 Å². The fraction of sp³-hybridized carbons (Fsp3) is 0.192. The first-order chi connectivity index (χ1) is 16.9. The van der Waals surface area contributed by atoms with Crippen LogP contribution in [0.15, 0.2) is 80.6 Å². The zero-order valence-electron chi connectivity index (χ0n) is 19.1. The van der Waals surface area contributed by atoms with Gasteiger partial charge in [0, 0.05) is 0 Å². The summed E-state index contributed by atoms with van der Waals surface area (Å²) >= 11 is 7.08. The first-order valence-electron chi connectivity index (χ1n) is 10.8. The molecule has 0 unspecified atom stereocenters. The molecule has 0 fully saturated rings. The minimum Gasteiger partial charge on any atom is -0.487 e. The van der Waals surface area contributed by atoms with E-state index in [2.05, 4.69) is 45.1 Å². The molecule has 1 aromatic heterocycles. The summed E-state index contributed by atoms with van der Waals surface area (Å²) in [6.45, 7) is 6.02. The zero-order valence-corrected chi connectivity index (χ0v) is 23.6. The molecule has 2 aromatic carbocycles. The molecule has 1 aliphatic heterocycles. The van der Waals surface area contributed by atoms with Gasteiger partial charge in [0.1, 0.15) is 12.4 Å². The van der Waals surface area contributed by atoms with Crippen LogP contribution in [-0.4, -0.2) is 24.3 Å². The summed E-state index contributed by atoms with van der Waals surface area (Å²) in [5.41, 5.74) is 2.47. The van der Waals surface area contributed by atoms with Crippen molar-refractivity contribution in [1.82, 2.24) is 4.57 Å². The van der Waals surface area contributed by atoms with E-state index in [1.54, 1.807) is 10.6 Å². The van der Waals surface area contributed by atoms with E-state index in [0.29, 0.717) is 33.6 Å². The summed E-state index contributed by atoms with van der Waals surface area (Å²) < 4.78 is 14.6. The summed E-state index contributed by atoms with van der Waals surface area (Å²) in [5, 5.41) is 0. The molecule has 0 amide bonds. The summed E-state index contributed by atoms with van der Waals surface area (Å²) in [6, 6.07) is 12.7. The zero-order chi connectivity index (χ0) is 25.1. The number of hydrogen-bond acceptors (Lipinski definition) is 6. The Hall–Kier alpha value is -2.50. The number of benzene rings is 2. The lowest BCUT2D eigenvalue weighted by Gasteiger charge is -2.25. The van der Waals surface area contributed by atoms with E-state index in [0.717, 1.165) is 24.9 Å². The summed E-state index contributed by atoms with van der Waals surface area (Å²) in [5.74, 6) is 0.242. The molecule has 0 saturated heterocycles. The first kappa shape index (κ1) is 25.6. The topological polar surface area (TPSA) is 69.9 Å². The van der Waals surface area contributed by atoms with Gasteiger partial charge in [0.2, 0.25) is 0 Å². The van der Waals surface area contributed by atoms with Crippen LogP contribution in [0.4, 0.5) is 0 Å². The van der Waals surface area contributed by atoms with Gasteiger partial charge in [-0.1, -0.05) is 61.2 Å². The SMILES string of the molecule is C=CCOc1c(Br)cc(/C=c2\sc3n(c2=O)[C@H](c2ccccc2)C(C(=O)OC)=C(CC)N=3)cc1I. The number of nitrogens with zero attached hydrogens (tertiary/aromatic N) is 2. The third-order valence-electron chi connectivity index (χ3n) is 5.43. The maximum Gasteiger partial charge on any atom is 0.338 e. The molecule has 180 valence electrons. The maximum absolute atomic E-state index is 13.7. The van der Waals surface area contributed by atoms with Gasteiger partial charge < -0.3 is 9.47 Å². The lowest BCUT2D eigenvalue weighted by molar-refractivity contribution is -0.136. The van der Waals surface area contributed by atoms with Crippen molar-refractivity contribution in [3.05, 3.63) is 105 Å². The fourth-order valence-corrected chi connectivity index (χ4v) is 6.70.